The second kappa shape index (κ2) is 17.1. The molecule has 0 N–H and O–H groups in total. The molecule has 0 spiro atoms. The zero-order chi connectivity index (χ0) is 8.65. The smallest absolute Gasteiger partial charge is 0.0717 e. The molecular formula is C14H26OSn. The van der Waals surface area contributed by atoms with Crippen LogP contribution in [0.3, 0.4) is 0 Å². The van der Waals surface area contributed by atoms with Gasteiger partial charge in [0.1, 0.15) is 0 Å². The third kappa shape index (κ3) is 11.8. The Balaban J connectivity index is -0.000000180. The van der Waals surface area contributed by atoms with Crippen LogP contribution in [0.25, 0.3) is 0 Å². The number of hydrogen-bond donors (Lipinski definition) is 0. The fraction of sp³-hybridized carbons (Fsp3) is 0.429. The van der Waals surface area contributed by atoms with E-state index in [0.29, 0.717) is 6.61 Å². The second-order valence-corrected chi connectivity index (χ2v) is 2.62. The molecular weight excluding hydrogens is 303 g/mol. The molecule has 0 aliphatic carbocycles. The zero-order valence-corrected chi connectivity index (χ0v) is 10.6. The van der Waals surface area contributed by atoms with E-state index in [-0.39, 0.29) is 46.2 Å². The van der Waals surface area contributed by atoms with Crippen molar-refractivity contribution in [1.29, 1.82) is 0 Å². The van der Waals surface area contributed by atoms with Crippen molar-refractivity contribution in [3.8, 4) is 0 Å². The maximum absolute atomic E-state index is 5.39. The van der Waals surface area contributed by atoms with Crippen LogP contribution in [0.5, 0.6) is 0 Å². The molecule has 0 unspecified atom stereocenters. The van der Waals surface area contributed by atoms with Gasteiger partial charge in [-0.05, 0) is 12.0 Å². The molecule has 1 aromatic rings. The minimum Gasteiger partial charge on any atom is -0.376 e. The van der Waals surface area contributed by atoms with Crippen LogP contribution in [0.2, 0.25) is 0 Å². The van der Waals surface area contributed by atoms with Crippen LogP contribution in [0.1, 0.15) is 34.3 Å². The molecule has 4 radical (unpaired) electrons. The monoisotopic (exact) mass is 330 g/mol. The molecule has 1 nitrogen and oxygen atoms in total. The van der Waals surface area contributed by atoms with Gasteiger partial charge in [-0.2, -0.15) is 0 Å². The molecule has 92 valence electrons. The fourth-order valence-electron chi connectivity index (χ4n) is 0.931. The first kappa shape index (κ1) is 24.8. The minimum absolute atomic E-state index is 0. The fourth-order valence-corrected chi connectivity index (χ4v) is 0.931. The molecule has 1 aromatic carbocycles. The SMILES string of the molecule is C.C.C.C=CCCOCc1ccccc1.[Sn]. The second-order valence-electron chi connectivity index (χ2n) is 2.62. The minimum atomic E-state index is 0. The maximum atomic E-state index is 5.39. The first-order valence-corrected chi connectivity index (χ1v) is 4.16. The van der Waals surface area contributed by atoms with Crippen LogP contribution in [0, 0.1) is 0 Å². The van der Waals surface area contributed by atoms with Crippen LogP contribution in [-0.4, -0.2) is 30.5 Å². The Labute approximate surface area is 119 Å². The van der Waals surface area contributed by atoms with E-state index in [1.165, 1.54) is 5.56 Å². The van der Waals surface area contributed by atoms with Gasteiger partial charge in [0.15, 0.2) is 0 Å². The quantitative estimate of drug-likeness (QED) is 0.444. The number of rotatable bonds is 5. The van der Waals surface area contributed by atoms with Gasteiger partial charge in [0.2, 0.25) is 0 Å². The molecule has 16 heavy (non-hydrogen) atoms. The van der Waals surface area contributed by atoms with E-state index in [9.17, 15) is 0 Å². The van der Waals surface area contributed by atoms with Crippen LogP contribution in [0.15, 0.2) is 43.0 Å². The van der Waals surface area contributed by atoms with Crippen LogP contribution < -0.4 is 0 Å². The summed E-state index contributed by atoms with van der Waals surface area (Å²) in [7, 11) is 0. The molecule has 0 atom stereocenters. The van der Waals surface area contributed by atoms with E-state index in [0.717, 1.165) is 13.0 Å². The molecule has 0 aromatic heterocycles. The molecule has 0 bridgehead atoms. The van der Waals surface area contributed by atoms with Crippen molar-refractivity contribution in [1.82, 2.24) is 0 Å². The molecule has 2 heteroatoms. The van der Waals surface area contributed by atoms with Crippen molar-refractivity contribution >= 4 is 23.9 Å². The van der Waals surface area contributed by atoms with Gasteiger partial charge < -0.3 is 4.74 Å². The first-order chi connectivity index (χ1) is 5.93. The Morgan fingerprint density at radius 3 is 2.12 bits per heavy atom. The number of benzene rings is 1. The predicted octanol–water partition coefficient (Wildman–Crippen LogP) is 4.31. The van der Waals surface area contributed by atoms with Crippen LogP contribution in [-0.2, 0) is 11.3 Å². The topological polar surface area (TPSA) is 9.23 Å². The summed E-state index contributed by atoms with van der Waals surface area (Å²) in [4.78, 5) is 0. The van der Waals surface area contributed by atoms with Crippen molar-refractivity contribution in [2.75, 3.05) is 6.61 Å². The molecule has 0 saturated heterocycles. The largest absolute Gasteiger partial charge is 0.376 e. The summed E-state index contributed by atoms with van der Waals surface area (Å²) >= 11 is 0. The maximum Gasteiger partial charge on any atom is 0.0717 e. The third-order valence-corrected chi connectivity index (χ3v) is 1.58. The Morgan fingerprint density at radius 2 is 1.62 bits per heavy atom. The average molecular weight is 329 g/mol. The summed E-state index contributed by atoms with van der Waals surface area (Å²) < 4.78 is 5.39. The zero-order valence-electron chi connectivity index (χ0n) is 7.70. The summed E-state index contributed by atoms with van der Waals surface area (Å²) in [6, 6.07) is 10.2. The summed E-state index contributed by atoms with van der Waals surface area (Å²) in [6.45, 7) is 5.09. The van der Waals surface area contributed by atoms with Gasteiger partial charge in [0, 0.05) is 23.9 Å². The van der Waals surface area contributed by atoms with E-state index in [4.69, 9.17) is 4.74 Å². The van der Waals surface area contributed by atoms with E-state index in [2.05, 4.69) is 18.7 Å². The molecule has 0 heterocycles. The molecule has 0 saturated carbocycles. The standard InChI is InChI=1S/C11H14O.3CH4.Sn/c1-2-3-9-12-10-11-7-5-4-6-8-11;;;;/h2,4-8H,1,3,9-10H2;3*1H4;. The Kier molecular flexibility index (Phi) is 26.5. The van der Waals surface area contributed by atoms with E-state index in [1.807, 2.05) is 24.3 Å². The summed E-state index contributed by atoms with van der Waals surface area (Å²) in [5.74, 6) is 0. The van der Waals surface area contributed by atoms with Gasteiger partial charge in [-0.3, -0.25) is 0 Å². The van der Waals surface area contributed by atoms with Crippen LogP contribution in [0.4, 0.5) is 0 Å². The van der Waals surface area contributed by atoms with Gasteiger partial charge in [0.25, 0.3) is 0 Å². The summed E-state index contributed by atoms with van der Waals surface area (Å²) in [6.07, 6.45) is 2.79. The summed E-state index contributed by atoms with van der Waals surface area (Å²) in [5, 5.41) is 0. The Morgan fingerprint density at radius 1 is 1.06 bits per heavy atom. The average Bonchev–Trinajstić information content (AvgIpc) is 2.14. The first-order valence-electron chi connectivity index (χ1n) is 4.16. The molecule has 0 aliphatic heterocycles. The van der Waals surface area contributed by atoms with E-state index >= 15 is 0 Å². The van der Waals surface area contributed by atoms with Crippen molar-refractivity contribution in [2.45, 2.75) is 35.3 Å². The van der Waals surface area contributed by atoms with E-state index < -0.39 is 0 Å². The normalized spacial score (nSPS) is 7.25. The van der Waals surface area contributed by atoms with Crippen molar-refractivity contribution in [3.63, 3.8) is 0 Å². The van der Waals surface area contributed by atoms with Crippen molar-refractivity contribution in [2.24, 2.45) is 0 Å². The van der Waals surface area contributed by atoms with Crippen molar-refractivity contribution in [3.05, 3.63) is 48.6 Å². The Hall–Kier alpha value is -0.281. The summed E-state index contributed by atoms with van der Waals surface area (Å²) in [5.41, 5.74) is 1.22. The molecule has 0 fully saturated rings. The molecule has 0 aliphatic rings. The van der Waals surface area contributed by atoms with E-state index in [1.54, 1.807) is 0 Å². The molecule has 1 rings (SSSR count). The van der Waals surface area contributed by atoms with Crippen LogP contribution >= 0.6 is 0 Å². The van der Waals surface area contributed by atoms with Gasteiger partial charge >= 0.3 is 0 Å². The van der Waals surface area contributed by atoms with Gasteiger partial charge in [0.05, 0.1) is 13.2 Å². The van der Waals surface area contributed by atoms with Gasteiger partial charge in [-0.1, -0.05) is 58.7 Å². The molecule has 0 amide bonds. The van der Waals surface area contributed by atoms with Crippen molar-refractivity contribution < 1.29 is 4.74 Å². The predicted molar refractivity (Wildman–Crippen MR) is 76.9 cm³/mol. The van der Waals surface area contributed by atoms with Gasteiger partial charge in [-0.15, -0.1) is 6.58 Å². The third-order valence-electron chi connectivity index (χ3n) is 1.58. The number of hydrogen-bond acceptors (Lipinski definition) is 1. The Bertz CT molecular complexity index is 221. The van der Waals surface area contributed by atoms with Gasteiger partial charge in [-0.25, -0.2) is 0 Å². The number of ether oxygens (including phenoxy) is 1.